The summed E-state index contributed by atoms with van der Waals surface area (Å²) in [6.07, 6.45) is -4.63. The van der Waals surface area contributed by atoms with Gasteiger partial charge < -0.3 is 14.6 Å². The molecule has 0 aliphatic carbocycles. The van der Waals surface area contributed by atoms with E-state index in [4.69, 9.17) is 9.47 Å². The number of amides is 3. The van der Waals surface area contributed by atoms with Gasteiger partial charge in [0, 0.05) is 6.07 Å². The van der Waals surface area contributed by atoms with Gasteiger partial charge in [-0.3, -0.25) is 15.0 Å². The van der Waals surface area contributed by atoms with Crippen molar-refractivity contribution < 1.29 is 42.7 Å². The Labute approximate surface area is 211 Å². The van der Waals surface area contributed by atoms with Gasteiger partial charge in [0.15, 0.2) is 11.5 Å². The lowest BCUT2D eigenvalue weighted by atomic mass is 10.1. The molecule has 0 atom stereocenters. The van der Waals surface area contributed by atoms with Crippen LogP contribution in [-0.4, -0.2) is 39.5 Å². The van der Waals surface area contributed by atoms with Gasteiger partial charge in [0.1, 0.15) is 17.0 Å². The Morgan fingerprint density at radius 2 is 1.41 bits per heavy atom. The molecule has 0 radical (unpaired) electrons. The second-order valence-electron chi connectivity index (χ2n) is 9.81. The van der Waals surface area contributed by atoms with Crippen LogP contribution in [0.5, 0.6) is 0 Å². The van der Waals surface area contributed by atoms with Crippen molar-refractivity contribution in [1.29, 1.82) is 0 Å². The molecular formula is C24H27F2N3O8. The van der Waals surface area contributed by atoms with Crippen molar-refractivity contribution in [2.45, 2.75) is 59.3 Å². The zero-order valence-corrected chi connectivity index (χ0v) is 21.1. The molecular weight excluding hydrogens is 496 g/mol. The molecule has 0 fully saturated rings. The highest BCUT2D eigenvalue weighted by molar-refractivity contribution is 6.12. The smallest absolute Gasteiger partial charge is 0.424 e. The first-order chi connectivity index (χ1) is 16.9. The quantitative estimate of drug-likeness (QED) is 0.359. The molecule has 0 aromatic heterocycles. The van der Waals surface area contributed by atoms with E-state index in [-0.39, 0.29) is 10.5 Å². The molecule has 1 N–H and O–H groups in total. The van der Waals surface area contributed by atoms with E-state index in [1.54, 1.807) is 0 Å². The van der Waals surface area contributed by atoms with E-state index in [9.17, 15) is 34.0 Å². The Balaban J connectivity index is 2.76. The Morgan fingerprint density at radius 3 is 1.81 bits per heavy atom. The number of hydrogen-bond acceptors (Lipinski definition) is 7. The van der Waals surface area contributed by atoms with Gasteiger partial charge in [0.05, 0.1) is 17.2 Å². The van der Waals surface area contributed by atoms with Gasteiger partial charge in [-0.05, 0) is 65.3 Å². The number of carbonyl (C=O) groups excluding carboxylic acids is 2. The average molecular weight is 523 g/mol. The Bertz CT molecular complexity index is 1180. The maximum atomic E-state index is 16.0. The maximum Gasteiger partial charge on any atom is 0.424 e. The summed E-state index contributed by atoms with van der Waals surface area (Å²) in [4.78, 5) is 49.3. The van der Waals surface area contributed by atoms with Crippen LogP contribution in [0.1, 0.15) is 47.1 Å². The molecule has 11 nitrogen and oxygen atoms in total. The fourth-order valence-electron chi connectivity index (χ4n) is 3.01. The molecule has 0 spiro atoms. The van der Waals surface area contributed by atoms with Gasteiger partial charge in [-0.25, -0.2) is 23.2 Å². The monoisotopic (exact) mass is 523 g/mol. The Morgan fingerprint density at radius 1 is 0.919 bits per heavy atom. The van der Waals surface area contributed by atoms with Gasteiger partial charge in [0.2, 0.25) is 0 Å². The standard InChI is InChI=1S/C24H27F2N3O8/c1-23(2,3)36-21(32)28(22(33)37-24(4,5)6)19-17(29(34)35)12-11-16(18(19)26)27(20(30)31)13-14-7-9-15(25)10-8-14/h7-12H,13H2,1-6H3,(H,30,31). The predicted octanol–water partition coefficient (Wildman–Crippen LogP) is 6.23. The van der Waals surface area contributed by atoms with Crippen molar-refractivity contribution in [3.8, 4) is 0 Å². The van der Waals surface area contributed by atoms with E-state index < -0.39 is 69.6 Å². The summed E-state index contributed by atoms with van der Waals surface area (Å²) in [5, 5.41) is 21.5. The highest BCUT2D eigenvalue weighted by Gasteiger charge is 2.40. The number of rotatable bonds is 5. The number of nitrogens with zero attached hydrogens (tertiary/aromatic N) is 3. The van der Waals surface area contributed by atoms with Crippen molar-refractivity contribution in [3.63, 3.8) is 0 Å². The number of ether oxygens (including phenoxy) is 2. The fourth-order valence-corrected chi connectivity index (χ4v) is 3.01. The van der Waals surface area contributed by atoms with E-state index in [2.05, 4.69) is 0 Å². The minimum atomic E-state index is -1.66. The number of nitro groups is 1. The van der Waals surface area contributed by atoms with E-state index in [1.165, 1.54) is 53.7 Å². The summed E-state index contributed by atoms with van der Waals surface area (Å²) in [5.41, 5.74) is -5.04. The number of anilines is 2. The molecule has 37 heavy (non-hydrogen) atoms. The maximum absolute atomic E-state index is 16.0. The molecule has 200 valence electrons. The molecule has 2 aromatic rings. The topological polar surface area (TPSA) is 140 Å². The number of carboxylic acid groups (broad SMARTS) is 1. The molecule has 0 saturated carbocycles. The highest BCUT2D eigenvalue weighted by Crippen LogP contribution is 2.39. The lowest BCUT2D eigenvalue weighted by Gasteiger charge is -2.29. The molecule has 0 saturated heterocycles. The fraction of sp³-hybridized carbons (Fsp3) is 0.375. The van der Waals surface area contributed by atoms with Crippen molar-refractivity contribution in [2.75, 3.05) is 9.80 Å². The highest BCUT2D eigenvalue weighted by atomic mass is 19.1. The first-order valence-corrected chi connectivity index (χ1v) is 10.9. The summed E-state index contributed by atoms with van der Waals surface area (Å²) in [5.74, 6) is -2.16. The number of carbonyl (C=O) groups is 3. The summed E-state index contributed by atoms with van der Waals surface area (Å²) in [6, 6.07) is 6.23. The van der Waals surface area contributed by atoms with Crippen LogP contribution in [0.2, 0.25) is 0 Å². The van der Waals surface area contributed by atoms with Crippen molar-refractivity contribution in [3.05, 3.63) is 63.7 Å². The van der Waals surface area contributed by atoms with Gasteiger partial charge in [-0.15, -0.1) is 0 Å². The first-order valence-electron chi connectivity index (χ1n) is 10.9. The summed E-state index contributed by atoms with van der Waals surface area (Å²) in [7, 11) is 0. The van der Waals surface area contributed by atoms with E-state index in [1.807, 2.05) is 0 Å². The van der Waals surface area contributed by atoms with Crippen LogP contribution >= 0.6 is 0 Å². The Hall–Kier alpha value is -4.29. The molecule has 2 aromatic carbocycles. The second kappa shape index (κ2) is 10.8. The lowest BCUT2D eigenvalue weighted by molar-refractivity contribution is -0.384. The molecule has 0 unspecified atom stereocenters. The molecule has 0 bridgehead atoms. The summed E-state index contributed by atoms with van der Waals surface area (Å²) in [6.45, 7) is 8.23. The molecule has 0 heterocycles. The lowest BCUT2D eigenvalue weighted by Crippen LogP contribution is -2.44. The van der Waals surface area contributed by atoms with Crippen LogP contribution in [0, 0.1) is 21.7 Å². The van der Waals surface area contributed by atoms with Gasteiger partial charge in [0.25, 0.3) is 5.69 Å². The van der Waals surface area contributed by atoms with Gasteiger partial charge in [-0.2, -0.15) is 4.90 Å². The van der Waals surface area contributed by atoms with Crippen molar-refractivity contribution in [2.24, 2.45) is 0 Å². The molecule has 3 amide bonds. The minimum Gasteiger partial charge on any atom is -0.465 e. The summed E-state index contributed by atoms with van der Waals surface area (Å²) < 4.78 is 39.6. The molecule has 2 rings (SSSR count). The third-order valence-corrected chi connectivity index (χ3v) is 4.42. The number of hydrogen-bond donors (Lipinski definition) is 1. The van der Waals surface area contributed by atoms with Crippen LogP contribution < -0.4 is 9.80 Å². The summed E-state index contributed by atoms with van der Waals surface area (Å²) >= 11 is 0. The third-order valence-electron chi connectivity index (χ3n) is 4.42. The second-order valence-corrected chi connectivity index (χ2v) is 9.81. The third kappa shape index (κ3) is 7.59. The zero-order valence-electron chi connectivity index (χ0n) is 21.1. The van der Waals surface area contributed by atoms with E-state index in [0.717, 1.165) is 24.3 Å². The molecule has 13 heteroatoms. The van der Waals surface area contributed by atoms with Gasteiger partial charge >= 0.3 is 18.3 Å². The van der Waals surface area contributed by atoms with Crippen LogP contribution in [0.4, 0.5) is 40.2 Å². The average Bonchev–Trinajstić information content (AvgIpc) is 2.72. The number of nitro benzene ring substituents is 1. The van der Waals surface area contributed by atoms with Crippen LogP contribution in [0.15, 0.2) is 36.4 Å². The number of halogens is 2. The van der Waals surface area contributed by atoms with Crippen LogP contribution in [-0.2, 0) is 16.0 Å². The normalized spacial score (nSPS) is 11.5. The Kier molecular flexibility index (Phi) is 8.42. The predicted molar refractivity (Wildman–Crippen MR) is 129 cm³/mol. The minimum absolute atomic E-state index is 0.0192. The van der Waals surface area contributed by atoms with Crippen molar-refractivity contribution >= 4 is 35.3 Å². The number of benzene rings is 2. The first kappa shape index (κ1) is 28.9. The van der Waals surface area contributed by atoms with Crippen molar-refractivity contribution in [1.82, 2.24) is 0 Å². The van der Waals surface area contributed by atoms with E-state index in [0.29, 0.717) is 4.90 Å². The van der Waals surface area contributed by atoms with Crippen LogP contribution in [0.3, 0.4) is 0 Å². The van der Waals surface area contributed by atoms with E-state index >= 15 is 4.39 Å². The SMILES string of the molecule is CC(C)(C)OC(=O)N(C(=O)OC(C)(C)C)c1c([N+](=O)[O-])ccc(N(Cc2ccc(F)cc2)C(=O)O)c1F. The molecule has 0 aliphatic heterocycles. The number of imide groups is 1. The molecule has 0 aliphatic rings. The zero-order chi connectivity index (χ0) is 28.3. The van der Waals surface area contributed by atoms with Crippen LogP contribution in [0.25, 0.3) is 0 Å². The van der Waals surface area contributed by atoms with Gasteiger partial charge in [-0.1, -0.05) is 12.1 Å². The largest absolute Gasteiger partial charge is 0.465 e.